The Morgan fingerprint density at radius 3 is 2.91 bits per heavy atom. The van der Waals surface area contributed by atoms with Crippen LogP contribution in [-0.2, 0) is 0 Å². The van der Waals surface area contributed by atoms with Gasteiger partial charge in [0.25, 0.3) is 5.91 Å². The molecule has 1 fully saturated rings. The first-order chi connectivity index (χ1) is 10.7. The average Bonchev–Trinajstić information content (AvgIpc) is 2.54. The van der Waals surface area contributed by atoms with Gasteiger partial charge in [0.1, 0.15) is 5.69 Å². The van der Waals surface area contributed by atoms with Crippen molar-refractivity contribution in [3.63, 3.8) is 0 Å². The Kier molecular flexibility index (Phi) is 6.16. The molecule has 5 nitrogen and oxygen atoms in total. The number of piperidine rings is 1. The molecule has 0 aliphatic carbocycles. The van der Waals surface area contributed by atoms with E-state index in [1.54, 1.807) is 6.07 Å². The van der Waals surface area contributed by atoms with Crippen LogP contribution in [0.2, 0.25) is 0 Å². The minimum Gasteiger partial charge on any atom is -0.354 e. The van der Waals surface area contributed by atoms with Crippen LogP contribution in [0.5, 0.6) is 0 Å². The molecule has 1 N–H and O–H groups in total. The number of hydrogen-bond donors (Lipinski definition) is 1. The van der Waals surface area contributed by atoms with E-state index in [1.807, 2.05) is 11.8 Å². The van der Waals surface area contributed by atoms with E-state index in [-0.39, 0.29) is 5.91 Å². The van der Waals surface area contributed by atoms with Crippen molar-refractivity contribution in [2.45, 2.75) is 65.3 Å². The molecule has 2 rings (SSSR count). The highest BCUT2D eigenvalue weighted by atomic mass is 16.2. The molecule has 5 heteroatoms. The summed E-state index contributed by atoms with van der Waals surface area (Å²) in [6, 6.07) is 2.15. The molecule has 2 heterocycles. The fourth-order valence-electron chi connectivity index (χ4n) is 2.97. The van der Waals surface area contributed by atoms with Gasteiger partial charge in [0.2, 0.25) is 5.95 Å². The molecule has 1 aromatic heterocycles. The van der Waals surface area contributed by atoms with Crippen LogP contribution in [-0.4, -0.2) is 39.9 Å². The number of likely N-dealkylation sites (tertiary alicyclic amines) is 1. The lowest BCUT2D eigenvalue weighted by Crippen LogP contribution is -2.43. The monoisotopic (exact) mass is 304 g/mol. The average molecular weight is 304 g/mol. The Balaban J connectivity index is 2.14. The smallest absolute Gasteiger partial charge is 0.272 e. The summed E-state index contributed by atoms with van der Waals surface area (Å²) < 4.78 is 0. The summed E-state index contributed by atoms with van der Waals surface area (Å²) >= 11 is 0. The maximum absolute atomic E-state index is 12.8. The number of hydrogen-bond acceptors (Lipinski definition) is 4. The quantitative estimate of drug-likeness (QED) is 0.818. The van der Waals surface area contributed by atoms with Crippen molar-refractivity contribution >= 4 is 11.9 Å². The molecular formula is C17H28N4O. The van der Waals surface area contributed by atoms with Crippen LogP contribution >= 0.6 is 0 Å². The topological polar surface area (TPSA) is 58.1 Å². The molecule has 0 aromatic carbocycles. The summed E-state index contributed by atoms with van der Waals surface area (Å²) in [6.07, 6.45) is 6.62. The van der Waals surface area contributed by atoms with Gasteiger partial charge >= 0.3 is 0 Å². The van der Waals surface area contributed by atoms with E-state index in [9.17, 15) is 4.79 Å². The molecule has 1 aliphatic rings. The first-order valence-electron chi connectivity index (χ1n) is 8.56. The first-order valence-corrected chi connectivity index (χ1v) is 8.56. The van der Waals surface area contributed by atoms with Gasteiger partial charge in [0.15, 0.2) is 0 Å². The Morgan fingerprint density at radius 1 is 1.36 bits per heavy atom. The first kappa shape index (κ1) is 16.7. The van der Waals surface area contributed by atoms with Gasteiger partial charge in [-0.05, 0) is 45.1 Å². The molecule has 1 amide bonds. The second-order valence-electron chi connectivity index (χ2n) is 6.05. The number of carbonyl (C=O) groups excluding carboxylic acids is 1. The molecular weight excluding hydrogens is 276 g/mol. The van der Waals surface area contributed by atoms with E-state index in [0.717, 1.165) is 50.9 Å². The number of aromatic nitrogens is 2. The van der Waals surface area contributed by atoms with Crippen molar-refractivity contribution in [1.82, 2.24) is 14.9 Å². The van der Waals surface area contributed by atoms with Crippen molar-refractivity contribution in [3.8, 4) is 0 Å². The van der Waals surface area contributed by atoms with Gasteiger partial charge in [-0.2, -0.15) is 0 Å². The number of nitrogens with one attached hydrogen (secondary N) is 1. The second kappa shape index (κ2) is 8.11. The lowest BCUT2D eigenvalue weighted by Gasteiger charge is -2.35. The molecule has 22 heavy (non-hydrogen) atoms. The van der Waals surface area contributed by atoms with Crippen molar-refractivity contribution < 1.29 is 4.79 Å². The summed E-state index contributed by atoms with van der Waals surface area (Å²) in [4.78, 5) is 23.6. The highest BCUT2D eigenvalue weighted by Gasteiger charge is 2.27. The number of aryl methyl sites for hydroxylation is 1. The van der Waals surface area contributed by atoms with Gasteiger partial charge in [-0.1, -0.05) is 20.3 Å². The molecule has 122 valence electrons. The highest BCUT2D eigenvalue weighted by molar-refractivity contribution is 5.93. The Labute approximate surface area is 133 Å². The molecule has 1 saturated heterocycles. The third-order valence-corrected chi connectivity index (χ3v) is 4.25. The zero-order valence-corrected chi connectivity index (χ0v) is 14.1. The predicted octanol–water partition coefficient (Wildman–Crippen LogP) is 3.40. The maximum Gasteiger partial charge on any atom is 0.272 e. The summed E-state index contributed by atoms with van der Waals surface area (Å²) in [7, 11) is 0. The fourth-order valence-corrected chi connectivity index (χ4v) is 2.97. The zero-order valence-electron chi connectivity index (χ0n) is 14.1. The number of rotatable bonds is 6. The van der Waals surface area contributed by atoms with Crippen LogP contribution in [0.25, 0.3) is 0 Å². The number of unbranched alkanes of at least 4 members (excludes halogenated alkanes) is 1. The van der Waals surface area contributed by atoms with Gasteiger partial charge in [-0.15, -0.1) is 0 Å². The third kappa shape index (κ3) is 4.18. The standard InChI is InChI=1S/C17H28N4O/c1-4-6-10-18-17-19-13(3)12-15(20-17)16(22)21-11-8-7-9-14(21)5-2/h12,14H,4-11H2,1-3H3,(H,18,19,20). The van der Waals surface area contributed by atoms with Crippen LogP contribution in [0, 0.1) is 6.92 Å². The number of nitrogens with zero attached hydrogens (tertiary/aromatic N) is 3. The van der Waals surface area contributed by atoms with E-state index in [4.69, 9.17) is 0 Å². The largest absolute Gasteiger partial charge is 0.354 e. The Hall–Kier alpha value is -1.65. The van der Waals surface area contributed by atoms with Crippen LogP contribution < -0.4 is 5.32 Å². The molecule has 0 bridgehead atoms. The van der Waals surface area contributed by atoms with Crippen molar-refractivity contribution in [3.05, 3.63) is 17.5 Å². The summed E-state index contributed by atoms with van der Waals surface area (Å²) in [5, 5.41) is 3.22. The summed E-state index contributed by atoms with van der Waals surface area (Å²) in [5.74, 6) is 0.623. The molecule has 1 aliphatic heterocycles. The lowest BCUT2D eigenvalue weighted by molar-refractivity contribution is 0.0602. The minimum atomic E-state index is 0.0515. The van der Waals surface area contributed by atoms with Crippen LogP contribution in [0.3, 0.4) is 0 Å². The van der Waals surface area contributed by atoms with Gasteiger partial charge < -0.3 is 10.2 Å². The molecule has 1 atom stereocenters. The molecule has 1 unspecified atom stereocenters. The van der Waals surface area contributed by atoms with Gasteiger partial charge in [-0.25, -0.2) is 9.97 Å². The number of amides is 1. The minimum absolute atomic E-state index is 0.0515. The predicted molar refractivity (Wildman–Crippen MR) is 89.1 cm³/mol. The third-order valence-electron chi connectivity index (χ3n) is 4.25. The van der Waals surface area contributed by atoms with E-state index in [0.29, 0.717) is 17.7 Å². The summed E-state index contributed by atoms with van der Waals surface area (Å²) in [5.41, 5.74) is 1.36. The Bertz CT molecular complexity index is 503. The van der Waals surface area contributed by atoms with Crippen molar-refractivity contribution in [2.75, 3.05) is 18.4 Å². The molecule has 1 aromatic rings. The lowest BCUT2D eigenvalue weighted by atomic mass is 9.99. The van der Waals surface area contributed by atoms with E-state index >= 15 is 0 Å². The molecule has 0 saturated carbocycles. The van der Waals surface area contributed by atoms with E-state index in [2.05, 4.69) is 29.1 Å². The van der Waals surface area contributed by atoms with Crippen LogP contribution in [0.1, 0.15) is 68.6 Å². The maximum atomic E-state index is 12.8. The van der Waals surface area contributed by atoms with Crippen LogP contribution in [0.15, 0.2) is 6.07 Å². The van der Waals surface area contributed by atoms with Crippen molar-refractivity contribution in [2.24, 2.45) is 0 Å². The SMILES string of the molecule is CCCCNc1nc(C)cc(C(=O)N2CCCCC2CC)n1. The number of carbonyl (C=O) groups is 1. The second-order valence-corrected chi connectivity index (χ2v) is 6.05. The number of anilines is 1. The normalized spacial score (nSPS) is 18.3. The molecule has 0 radical (unpaired) electrons. The van der Waals surface area contributed by atoms with Gasteiger partial charge in [-0.3, -0.25) is 4.79 Å². The van der Waals surface area contributed by atoms with Crippen molar-refractivity contribution in [1.29, 1.82) is 0 Å². The van der Waals surface area contributed by atoms with E-state index in [1.165, 1.54) is 6.42 Å². The fraction of sp³-hybridized carbons (Fsp3) is 0.706. The van der Waals surface area contributed by atoms with Gasteiger partial charge in [0.05, 0.1) is 0 Å². The summed E-state index contributed by atoms with van der Waals surface area (Å²) in [6.45, 7) is 7.90. The zero-order chi connectivity index (χ0) is 15.9. The Morgan fingerprint density at radius 2 is 2.18 bits per heavy atom. The molecule has 0 spiro atoms. The highest BCUT2D eigenvalue weighted by Crippen LogP contribution is 2.21. The van der Waals surface area contributed by atoms with E-state index < -0.39 is 0 Å². The van der Waals surface area contributed by atoms with Gasteiger partial charge in [0, 0.05) is 24.8 Å². The van der Waals surface area contributed by atoms with Crippen LogP contribution in [0.4, 0.5) is 5.95 Å².